The summed E-state index contributed by atoms with van der Waals surface area (Å²) < 4.78 is 10.9. The van der Waals surface area contributed by atoms with Gasteiger partial charge in [0.2, 0.25) is 0 Å². The summed E-state index contributed by atoms with van der Waals surface area (Å²) in [5.41, 5.74) is 1.93. The molecule has 128 valence electrons. The highest BCUT2D eigenvalue weighted by molar-refractivity contribution is 6.30. The van der Waals surface area contributed by atoms with E-state index >= 15 is 0 Å². The van der Waals surface area contributed by atoms with Gasteiger partial charge >= 0.3 is 0 Å². The number of aliphatic imine (C=N–C) groups is 1. The van der Waals surface area contributed by atoms with E-state index in [2.05, 4.69) is 15.6 Å². The van der Waals surface area contributed by atoms with Crippen molar-refractivity contribution in [3.05, 3.63) is 53.1 Å². The topological polar surface area (TPSA) is 54.9 Å². The highest BCUT2D eigenvalue weighted by Crippen LogP contribution is 2.30. The minimum absolute atomic E-state index is 0.589. The first-order valence-electron chi connectivity index (χ1n) is 7.69. The van der Waals surface area contributed by atoms with Crippen molar-refractivity contribution < 1.29 is 9.47 Å². The molecule has 0 unspecified atom stereocenters. The molecule has 2 rings (SSSR count). The maximum atomic E-state index is 6.00. The third-order valence-corrected chi connectivity index (χ3v) is 3.53. The Balaban J connectivity index is 2.02. The Morgan fingerprint density at radius 3 is 2.67 bits per heavy atom. The summed E-state index contributed by atoms with van der Waals surface area (Å²) in [4.78, 5) is 4.22. The largest absolute Gasteiger partial charge is 0.493 e. The van der Waals surface area contributed by atoms with Crippen LogP contribution >= 0.6 is 11.6 Å². The average molecular weight is 348 g/mol. The molecule has 5 nitrogen and oxygen atoms in total. The molecule has 0 aromatic heterocycles. The summed E-state index contributed by atoms with van der Waals surface area (Å²) in [5.74, 6) is 2.04. The molecule has 0 heterocycles. The van der Waals surface area contributed by atoms with Gasteiger partial charge in [-0.25, -0.2) is 0 Å². The lowest BCUT2D eigenvalue weighted by molar-refractivity contribution is 0.311. The lowest BCUT2D eigenvalue weighted by Gasteiger charge is -2.14. The number of rotatable bonds is 6. The summed E-state index contributed by atoms with van der Waals surface area (Å²) in [5, 5.41) is 7.19. The van der Waals surface area contributed by atoms with Gasteiger partial charge in [0.05, 0.1) is 13.7 Å². The van der Waals surface area contributed by atoms with E-state index < -0.39 is 0 Å². The highest BCUT2D eigenvalue weighted by Gasteiger charge is 2.07. The third-order valence-electron chi connectivity index (χ3n) is 3.30. The zero-order valence-electron chi connectivity index (χ0n) is 14.1. The van der Waals surface area contributed by atoms with Crippen molar-refractivity contribution in [3.8, 4) is 11.5 Å². The van der Waals surface area contributed by atoms with Crippen molar-refractivity contribution in [2.45, 2.75) is 13.5 Å². The van der Waals surface area contributed by atoms with E-state index in [1.807, 2.05) is 49.4 Å². The van der Waals surface area contributed by atoms with Crippen LogP contribution in [0.4, 0.5) is 5.69 Å². The molecule has 0 saturated carbocycles. The molecule has 6 heteroatoms. The Morgan fingerprint density at radius 1 is 1.17 bits per heavy atom. The second-order valence-electron chi connectivity index (χ2n) is 4.98. The van der Waals surface area contributed by atoms with Crippen LogP contribution < -0.4 is 20.1 Å². The predicted molar refractivity (Wildman–Crippen MR) is 99.4 cm³/mol. The van der Waals surface area contributed by atoms with Gasteiger partial charge < -0.3 is 20.1 Å². The molecule has 2 aromatic carbocycles. The van der Waals surface area contributed by atoms with Crippen LogP contribution in [0.15, 0.2) is 47.5 Å². The number of nitrogens with one attached hydrogen (secondary N) is 2. The number of methoxy groups -OCH3 is 1. The maximum absolute atomic E-state index is 6.00. The molecular formula is C18H22ClN3O2. The number of ether oxygens (including phenoxy) is 2. The van der Waals surface area contributed by atoms with Crippen LogP contribution in [0.3, 0.4) is 0 Å². The number of nitrogens with zero attached hydrogens (tertiary/aromatic N) is 1. The molecule has 0 aliphatic carbocycles. The molecule has 2 N–H and O–H groups in total. The first-order valence-corrected chi connectivity index (χ1v) is 8.07. The zero-order valence-corrected chi connectivity index (χ0v) is 14.9. The Labute approximate surface area is 147 Å². The van der Waals surface area contributed by atoms with Gasteiger partial charge in [-0.05, 0) is 36.8 Å². The first-order chi connectivity index (χ1) is 11.7. The quantitative estimate of drug-likeness (QED) is 0.614. The molecular weight excluding hydrogens is 326 g/mol. The molecule has 0 atom stereocenters. The highest BCUT2D eigenvalue weighted by atomic mass is 35.5. The monoisotopic (exact) mass is 347 g/mol. The molecule has 24 heavy (non-hydrogen) atoms. The van der Waals surface area contributed by atoms with E-state index in [-0.39, 0.29) is 0 Å². The molecule has 0 spiro atoms. The second-order valence-corrected chi connectivity index (χ2v) is 5.42. The fourth-order valence-corrected chi connectivity index (χ4v) is 2.38. The number of guanidine groups is 1. The molecule has 0 saturated heterocycles. The van der Waals surface area contributed by atoms with E-state index in [1.54, 1.807) is 14.2 Å². The van der Waals surface area contributed by atoms with Gasteiger partial charge in [-0.3, -0.25) is 4.99 Å². The van der Waals surface area contributed by atoms with Crippen molar-refractivity contribution in [2.24, 2.45) is 4.99 Å². The Morgan fingerprint density at radius 2 is 2.00 bits per heavy atom. The first kappa shape index (κ1) is 17.9. The molecule has 0 aliphatic heterocycles. The van der Waals surface area contributed by atoms with Crippen molar-refractivity contribution in [3.63, 3.8) is 0 Å². The lowest BCUT2D eigenvalue weighted by atomic mass is 10.2. The maximum Gasteiger partial charge on any atom is 0.195 e. The van der Waals surface area contributed by atoms with Gasteiger partial charge in [0.25, 0.3) is 0 Å². The van der Waals surface area contributed by atoms with Gasteiger partial charge in [0.15, 0.2) is 17.5 Å². The van der Waals surface area contributed by atoms with Gasteiger partial charge in [-0.2, -0.15) is 0 Å². The summed E-state index contributed by atoms with van der Waals surface area (Å²) >= 11 is 6.00. The van der Waals surface area contributed by atoms with Crippen molar-refractivity contribution in [2.75, 3.05) is 26.1 Å². The molecule has 0 fully saturated rings. The Hall–Kier alpha value is -2.40. The number of anilines is 1. The fraction of sp³-hybridized carbons (Fsp3) is 0.278. The third kappa shape index (κ3) is 5.06. The Bertz CT molecular complexity index is 704. The standard InChI is InChI=1S/C18H22ClN3O2/c1-4-24-16-9-8-15(11-17(16)23-3)22-18(20-2)21-12-13-6-5-7-14(19)10-13/h5-11H,4,12H2,1-3H3,(H2,20,21,22). The number of halogens is 1. The van der Waals surface area contributed by atoms with Crippen LogP contribution in [0.2, 0.25) is 5.02 Å². The fourth-order valence-electron chi connectivity index (χ4n) is 2.17. The zero-order chi connectivity index (χ0) is 17.4. The van der Waals surface area contributed by atoms with E-state index in [0.717, 1.165) is 11.3 Å². The van der Waals surface area contributed by atoms with Crippen molar-refractivity contribution in [1.82, 2.24) is 5.32 Å². The summed E-state index contributed by atoms with van der Waals surface area (Å²) in [6.07, 6.45) is 0. The van der Waals surface area contributed by atoms with E-state index in [1.165, 1.54) is 0 Å². The average Bonchev–Trinajstić information content (AvgIpc) is 2.60. The number of benzene rings is 2. The molecule has 0 amide bonds. The van der Waals surface area contributed by atoms with Gasteiger partial charge in [-0.1, -0.05) is 23.7 Å². The molecule has 0 bridgehead atoms. The predicted octanol–water partition coefficient (Wildman–Crippen LogP) is 3.93. The van der Waals surface area contributed by atoms with E-state index in [9.17, 15) is 0 Å². The number of hydrogen-bond donors (Lipinski definition) is 2. The lowest BCUT2D eigenvalue weighted by Crippen LogP contribution is -2.30. The summed E-state index contributed by atoms with van der Waals surface area (Å²) in [6, 6.07) is 13.4. The Kier molecular flexibility index (Phi) is 6.75. The molecule has 0 radical (unpaired) electrons. The van der Waals surface area contributed by atoms with Crippen LogP contribution in [0.1, 0.15) is 12.5 Å². The number of hydrogen-bond acceptors (Lipinski definition) is 3. The van der Waals surface area contributed by atoms with Gasteiger partial charge in [-0.15, -0.1) is 0 Å². The summed E-state index contributed by atoms with van der Waals surface area (Å²) in [6.45, 7) is 3.15. The van der Waals surface area contributed by atoms with Crippen LogP contribution in [0.5, 0.6) is 11.5 Å². The van der Waals surface area contributed by atoms with Crippen molar-refractivity contribution >= 4 is 23.2 Å². The minimum atomic E-state index is 0.589. The molecule has 2 aromatic rings. The van der Waals surface area contributed by atoms with Crippen molar-refractivity contribution in [1.29, 1.82) is 0 Å². The SMILES string of the molecule is CCOc1ccc(NC(=NC)NCc2cccc(Cl)c2)cc1OC. The second kappa shape index (κ2) is 9.03. The normalized spacial score (nSPS) is 11.1. The van der Waals surface area contributed by atoms with Gasteiger partial charge in [0, 0.05) is 30.4 Å². The smallest absolute Gasteiger partial charge is 0.195 e. The molecule has 0 aliphatic rings. The van der Waals surface area contributed by atoms with E-state index in [0.29, 0.717) is 35.6 Å². The van der Waals surface area contributed by atoms with Gasteiger partial charge in [0.1, 0.15) is 0 Å². The summed E-state index contributed by atoms with van der Waals surface area (Å²) in [7, 11) is 3.34. The minimum Gasteiger partial charge on any atom is -0.493 e. The van der Waals surface area contributed by atoms with Crippen LogP contribution in [0.25, 0.3) is 0 Å². The van der Waals surface area contributed by atoms with Crippen LogP contribution in [0, 0.1) is 0 Å². The van der Waals surface area contributed by atoms with Crippen LogP contribution in [-0.4, -0.2) is 26.7 Å². The van der Waals surface area contributed by atoms with Crippen LogP contribution in [-0.2, 0) is 6.54 Å². The van der Waals surface area contributed by atoms with E-state index in [4.69, 9.17) is 21.1 Å².